The molecule has 0 bridgehead atoms. The van der Waals surface area contributed by atoms with Crippen molar-refractivity contribution in [3.8, 4) is 0 Å². The Kier molecular flexibility index (Phi) is 131. The van der Waals surface area contributed by atoms with Crippen molar-refractivity contribution in [3.05, 3.63) is 26.3 Å². The summed E-state index contributed by atoms with van der Waals surface area (Å²) < 4.78 is 2.84. The second-order valence-corrected chi connectivity index (χ2v) is 11.3. The molecule has 0 amide bonds. The molecule has 0 spiro atoms. The fourth-order valence-electron chi connectivity index (χ4n) is 5.29. The van der Waals surface area contributed by atoms with Crippen LogP contribution in [-0.2, 0) is 55.3 Å². The number of rotatable bonds is 24. The van der Waals surface area contributed by atoms with Crippen LogP contribution in [-0.4, -0.2) is 72.3 Å². The second-order valence-electron chi connectivity index (χ2n) is 11.3. The number of nitrogens with zero attached hydrogens (tertiary/aromatic N) is 6. The van der Waals surface area contributed by atoms with Gasteiger partial charge in [0, 0.05) is 0 Å². The summed E-state index contributed by atoms with van der Waals surface area (Å²) >= 11 is 0. The Morgan fingerprint density at radius 2 is 0.375 bits per heavy atom. The SMILES string of the molecule is CCCC[N+](CCCC)(CCCC)CCCC.CCCC[N+](CCCC)(CCCC)CCCC.O.O.[C-]#N.[C-]#N.[C-]#N.[C-]#N.[Cl-].[Cl-].[Hg+2].[Hg+2]. The normalized spacial score (nSPS) is 8.67. The molecular formula is C36H76Cl2Hg2N6O2. The third-order valence-electron chi connectivity index (χ3n) is 7.89. The first-order chi connectivity index (χ1) is 20.5. The predicted molar refractivity (Wildman–Crippen MR) is 186 cm³/mol. The Morgan fingerprint density at radius 1 is 0.292 bits per heavy atom. The van der Waals surface area contributed by atoms with Gasteiger partial charge < -0.3 is 92.1 Å². The average molecular weight is 1100 g/mol. The van der Waals surface area contributed by atoms with Gasteiger partial charge in [-0.3, -0.25) is 0 Å². The molecule has 0 aromatic rings. The molecule has 0 atom stereocenters. The van der Waals surface area contributed by atoms with E-state index in [-0.39, 0.29) is 91.1 Å². The largest absolute Gasteiger partial charge is 2.00 e. The smallest absolute Gasteiger partial charge is 1.00 e. The van der Waals surface area contributed by atoms with E-state index in [2.05, 4.69) is 55.4 Å². The maximum absolute atomic E-state index is 6.25. The molecule has 280 valence electrons. The van der Waals surface area contributed by atoms with E-state index in [9.17, 15) is 0 Å². The van der Waals surface area contributed by atoms with Crippen molar-refractivity contribution in [2.75, 3.05) is 52.4 Å². The van der Waals surface area contributed by atoms with Crippen molar-refractivity contribution in [3.63, 3.8) is 0 Å². The quantitative estimate of drug-likeness (QED) is 0.0828. The first-order valence-corrected chi connectivity index (χ1v) is 17.1. The van der Waals surface area contributed by atoms with Gasteiger partial charge in [-0.2, -0.15) is 0 Å². The van der Waals surface area contributed by atoms with Crippen LogP contribution < -0.4 is 24.8 Å². The van der Waals surface area contributed by atoms with Gasteiger partial charge in [0.25, 0.3) is 0 Å². The summed E-state index contributed by atoms with van der Waals surface area (Å²) in [5.74, 6) is 0. The van der Waals surface area contributed by atoms with E-state index in [0.717, 1.165) is 0 Å². The Bertz CT molecular complexity index is 439. The molecule has 0 radical (unpaired) electrons. The van der Waals surface area contributed by atoms with Crippen molar-refractivity contribution in [2.45, 2.75) is 158 Å². The first kappa shape index (κ1) is 82.0. The van der Waals surface area contributed by atoms with Gasteiger partial charge in [-0.05, 0) is 51.4 Å². The Morgan fingerprint density at radius 3 is 0.438 bits per heavy atom. The predicted octanol–water partition coefficient (Wildman–Crippen LogP) is 2.75. The monoisotopic (exact) mass is 1100 g/mol. The summed E-state index contributed by atoms with van der Waals surface area (Å²) in [6.07, 6.45) is 22.1. The van der Waals surface area contributed by atoms with E-state index in [0.29, 0.717) is 0 Å². The molecule has 12 heteroatoms. The van der Waals surface area contributed by atoms with E-state index < -0.39 is 0 Å². The fraction of sp³-hybridized carbons (Fsp3) is 0.889. The molecule has 0 unspecified atom stereocenters. The molecule has 0 aromatic heterocycles. The maximum Gasteiger partial charge on any atom is 2.00 e. The molecular weight excluding hydrogens is 1020 g/mol. The summed E-state index contributed by atoms with van der Waals surface area (Å²) in [5, 5.41) is 25.0. The number of quaternary nitrogens is 2. The summed E-state index contributed by atoms with van der Waals surface area (Å²) in [5.41, 5.74) is 0. The van der Waals surface area contributed by atoms with Gasteiger partial charge >= 0.3 is 55.3 Å². The third-order valence-corrected chi connectivity index (χ3v) is 7.89. The fourth-order valence-corrected chi connectivity index (χ4v) is 5.29. The molecule has 0 rings (SSSR count). The number of halogens is 2. The Hall–Kier alpha value is 0.250. The Balaban J connectivity index is -0.0000000403. The summed E-state index contributed by atoms with van der Waals surface area (Å²) in [6.45, 7) is 49.0. The molecule has 0 aliphatic rings. The minimum atomic E-state index is 0. The van der Waals surface area contributed by atoms with Gasteiger partial charge in [0.2, 0.25) is 0 Å². The van der Waals surface area contributed by atoms with Gasteiger partial charge in [-0.15, -0.1) is 0 Å². The summed E-state index contributed by atoms with van der Waals surface area (Å²) in [4.78, 5) is 0. The summed E-state index contributed by atoms with van der Waals surface area (Å²) in [7, 11) is 0. The molecule has 0 saturated heterocycles. The Labute approximate surface area is 355 Å². The zero-order chi connectivity index (χ0) is 34.0. The van der Waals surface area contributed by atoms with Crippen LogP contribution in [0.4, 0.5) is 0 Å². The maximum atomic E-state index is 6.25. The molecule has 0 fully saturated rings. The van der Waals surface area contributed by atoms with E-state index in [1.807, 2.05) is 0 Å². The minimum absolute atomic E-state index is 0. The van der Waals surface area contributed by atoms with Crippen LogP contribution in [0, 0.1) is 47.3 Å². The molecule has 48 heavy (non-hydrogen) atoms. The molecule has 0 aromatic carbocycles. The van der Waals surface area contributed by atoms with E-state index in [1.165, 1.54) is 164 Å². The van der Waals surface area contributed by atoms with E-state index >= 15 is 0 Å². The van der Waals surface area contributed by atoms with Crippen LogP contribution >= 0.6 is 0 Å². The zero-order valence-electron chi connectivity index (χ0n) is 32.8. The topological polar surface area (TPSA) is 158 Å². The molecule has 0 aliphatic heterocycles. The molecule has 0 saturated carbocycles. The van der Waals surface area contributed by atoms with Crippen molar-refractivity contribution >= 4 is 0 Å². The third kappa shape index (κ3) is 58.5. The van der Waals surface area contributed by atoms with Crippen LogP contribution in [0.1, 0.15) is 158 Å². The first-order valence-electron chi connectivity index (χ1n) is 17.1. The number of unbranched alkanes of at least 4 members (excludes halogenated alkanes) is 8. The van der Waals surface area contributed by atoms with Gasteiger partial charge in [-0.25, -0.2) is 0 Å². The van der Waals surface area contributed by atoms with Crippen LogP contribution in [0.15, 0.2) is 0 Å². The van der Waals surface area contributed by atoms with Gasteiger partial charge in [-0.1, -0.05) is 107 Å². The van der Waals surface area contributed by atoms with Gasteiger partial charge in [0.1, 0.15) is 0 Å². The standard InChI is InChI=1S/2C16H36N.4CN.2ClH.2Hg.2H2O/c2*1-5-9-13-17(14-10-6-2,15-11-7-3)16-12-8-4;4*1-2;;;;;;/h2*5-16H2,1-4H3;;;;;2*1H;;;2*1H2/q2*+1;4*-1;;;2*+2;;/p-2. The molecule has 0 aliphatic carbocycles. The van der Waals surface area contributed by atoms with Crippen molar-refractivity contribution in [1.82, 2.24) is 0 Å². The molecule has 0 heterocycles. The summed E-state index contributed by atoms with van der Waals surface area (Å²) in [6, 6.07) is 0. The second kappa shape index (κ2) is 76.9. The van der Waals surface area contributed by atoms with Crippen LogP contribution in [0.25, 0.3) is 0 Å². The van der Waals surface area contributed by atoms with Crippen molar-refractivity contribution < 1.29 is 100 Å². The van der Waals surface area contributed by atoms with Gasteiger partial charge in [0.15, 0.2) is 0 Å². The number of hydrogen-bond donors (Lipinski definition) is 0. The van der Waals surface area contributed by atoms with Crippen molar-refractivity contribution in [2.24, 2.45) is 0 Å². The van der Waals surface area contributed by atoms with Crippen LogP contribution in [0.5, 0.6) is 0 Å². The van der Waals surface area contributed by atoms with Crippen molar-refractivity contribution in [1.29, 1.82) is 21.0 Å². The van der Waals surface area contributed by atoms with Crippen LogP contribution in [0.2, 0.25) is 0 Å². The average Bonchev–Trinajstić information content (AvgIpc) is 3.07. The molecule has 4 N–H and O–H groups in total. The van der Waals surface area contributed by atoms with E-state index in [4.69, 9.17) is 47.3 Å². The van der Waals surface area contributed by atoms with Gasteiger partial charge in [0.05, 0.1) is 52.4 Å². The molecule has 8 nitrogen and oxygen atoms in total. The number of hydrogen-bond acceptors (Lipinski definition) is 4. The van der Waals surface area contributed by atoms with E-state index in [1.54, 1.807) is 0 Å². The van der Waals surface area contributed by atoms with Crippen LogP contribution in [0.3, 0.4) is 0 Å². The zero-order valence-corrected chi connectivity index (χ0v) is 45.3. The minimum Gasteiger partial charge on any atom is -1.00 e.